The largest absolute Gasteiger partial charge is 0.478 e. The van der Waals surface area contributed by atoms with Crippen LogP contribution in [0.4, 0.5) is 0 Å². The molecule has 2 N–H and O–H groups in total. The first-order valence-corrected chi connectivity index (χ1v) is 8.46. The summed E-state index contributed by atoms with van der Waals surface area (Å²) in [6.07, 6.45) is 0. The number of rotatable bonds is 2. The number of aromatic carboxylic acids is 2. The first-order chi connectivity index (χ1) is 13.9. The summed E-state index contributed by atoms with van der Waals surface area (Å²) in [6, 6.07) is 12.3. The molecule has 5 rings (SSSR count). The average molecular weight is 383 g/mol. The van der Waals surface area contributed by atoms with Crippen molar-refractivity contribution in [2.75, 3.05) is 0 Å². The van der Waals surface area contributed by atoms with E-state index in [9.17, 15) is 29.9 Å². The van der Waals surface area contributed by atoms with E-state index >= 15 is 0 Å². The number of carbonyl (C=O) groups is 2. The van der Waals surface area contributed by atoms with Crippen LogP contribution < -0.4 is 5.56 Å². The van der Waals surface area contributed by atoms with Crippen LogP contribution in [0, 0.1) is 11.3 Å². The van der Waals surface area contributed by atoms with Gasteiger partial charge in [-0.05, 0) is 42.5 Å². The average Bonchev–Trinajstić information content (AvgIpc) is 3.09. The molecule has 0 aliphatic rings. The topological polar surface area (TPSA) is 133 Å². The second-order valence-electron chi connectivity index (χ2n) is 6.57. The van der Waals surface area contributed by atoms with E-state index < -0.39 is 17.5 Å². The number of fused-ring (bicyclic) bond motifs is 4. The van der Waals surface area contributed by atoms with E-state index in [1.54, 1.807) is 18.2 Å². The van der Waals surface area contributed by atoms with Crippen LogP contribution >= 0.6 is 0 Å². The Morgan fingerprint density at radius 3 is 2.21 bits per heavy atom. The maximum absolute atomic E-state index is 13.3. The van der Waals surface area contributed by atoms with Gasteiger partial charge in [-0.1, -0.05) is 0 Å². The van der Waals surface area contributed by atoms with Gasteiger partial charge in [-0.2, -0.15) is 5.26 Å². The molecule has 29 heavy (non-hydrogen) atoms. The van der Waals surface area contributed by atoms with E-state index in [2.05, 4.69) is 4.98 Å². The number of pyridine rings is 1. The summed E-state index contributed by atoms with van der Waals surface area (Å²) in [4.78, 5) is 41.2. The maximum atomic E-state index is 13.3. The molecule has 0 saturated heterocycles. The molecule has 0 spiro atoms. The van der Waals surface area contributed by atoms with Gasteiger partial charge in [0.05, 0.1) is 33.8 Å². The normalized spacial score (nSPS) is 11.4. The van der Waals surface area contributed by atoms with Crippen LogP contribution in [0.1, 0.15) is 26.3 Å². The number of imidazole rings is 1. The van der Waals surface area contributed by atoms with Crippen LogP contribution in [0.2, 0.25) is 0 Å². The van der Waals surface area contributed by atoms with Crippen LogP contribution in [0.3, 0.4) is 0 Å². The van der Waals surface area contributed by atoms with Crippen molar-refractivity contribution >= 4 is 50.2 Å². The van der Waals surface area contributed by atoms with E-state index in [0.717, 1.165) is 0 Å². The highest BCUT2D eigenvalue weighted by atomic mass is 16.4. The number of benzene rings is 3. The molecule has 0 saturated carbocycles. The Hall–Kier alpha value is -4.51. The molecular formula is C21H9N3O5. The SMILES string of the molecule is N#Cc1ccc2nc3c4ccc(C(=O)O)c5c(C(=O)O)ccc(c(=O)n3c2c1)c54. The third kappa shape index (κ3) is 2.06. The predicted octanol–water partition coefficient (Wildman–Crippen LogP) is 2.86. The lowest BCUT2D eigenvalue weighted by atomic mass is 9.94. The van der Waals surface area contributed by atoms with Crippen molar-refractivity contribution < 1.29 is 19.8 Å². The van der Waals surface area contributed by atoms with Crippen molar-refractivity contribution in [1.29, 1.82) is 5.26 Å². The predicted molar refractivity (Wildman–Crippen MR) is 104 cm³/mol. The van der Waals surface area contributed by atoms with Gasteiger partial charge in [-0.15, -0.1) is 0 Å². The molecule has 0 atom stereocenters. The summed E-state index contributed by atoms with van der Waals surface area (Å²) in [5.41, 5.74) is 0.721. The fourth-order valence-corrected chi connectivity index (χ4v) is 3.87. The van der Waals surface area contributed by atoms with Gasteiger partial charge in [0.2, 0.25) is 0 Å². The molecule has 0 radical (unpaired) electrons. The molecule has 2 aromatic heterocycles. The van der Waals surface area contributed by atoms with Crippen LogP contribution in [0.25, 0.3) is 38.2 Å². The monoisotopic (exact) mass is 383 g/mol. The summed E-state index contributed by atoms with van der Waals surface area (Å²) in [7, 11) is 0. The Labute approximate surface area is 160 Å². The highest BCUT2D eigenvalue weighted by Crippen LogP contribution is 2.34. The van der Waals surface area contributed by atoms with Gasteiger partial charge in [0.1, 0.15) is 5.65 Å². The number of carboxylic acids is 2. The second kappa shape index (κ2) is 5.50. The van der Waals surface area contributed by atoms with E-state index in [0.29, 0.717) is 22.0 Å². The number of hydrogen-bond donors (Lipinski definition) is 2. The fourth-order valence-electron chi connectivity index (χ4n) is 3.87. The van der Waals surface area contributed by atoms with Crippen molar-refractivity contribution in [2.24, 2.45) is 0 Å². The number of hydrogen-bond acceptors (Lipinski definition) is 5. The van der Waals surface area contributed by atoms with Crippen LogP contribution in [0.5, 0.6) is 0 Å². The lowest BCUT2D eigenvalue weighted by Crippen LogP contribution is -2.15. The summed E-state index contributed by atoms with van der Waals surface area (Å²) < 4.78 is 1.37. The minimum atomic E-state index is -1.29. The van der Waals surface area contributed by atoms with Gasteiger partial charge in [0.25, 0.3) is 5.56 Å². The van der Waals surface area contributed by atoms with E-state index in [4.69, 9.17) is 0 Å². The molecule has 3 aromatic carbocycles. The molecule has 0 amide bonds. The minimum absolute atomic E-state index is 0.00984. The van der Waals surface area contributed by atoms with Gasteiger partial charge in [0.15, 0.2) is 0 Å². The zero-order chi connectivity index (χ0) is 20.4. The molecule has 2 heterocycles. The third-order valence-corrected chi connectivity index (χ3v) is 5.08. The quantitative estimate of drug-likeness (QED) is 0.479. The Bertz CT molecular complexity index is 1620. The van der Waals surface area contributed by atoms with Crippen molar-refractivity contribution in [3.8, 4) is 6.07 Å². The molecule has 5 aromatic rings. The van der Waals surface area contributed by atoms with Crippen LogP contribution in [0.15, 0.2) is 47.3 Å². The third-order valence-electron chi connectivity index (χ3n) is 5.08. The van der Waals surface area contributed by atoms with Gasteiger partial charge in [-0.3, -0.25) is 9.20 Å². The first-order valence-electron chi connectivity index (χ1n) is 8.46. The number of aromatic nitrogens is 2. The summed E-state index contributed by atoms with van der Waals surface area (Å²) in [5, 5.41) is 29.2. The molecule has 0 aliphatic carbocycles. The highest BCUT2D eigenvalue weighted by Gasteiger charge is 2.23. The van der Waals surface area contributed by atoms with Crippen molar-refractivity contribution in [3.63, 3.8) is 0 Å². The van der Waals surface area contributed by atoms with Crippen molar-refractivity contribution in [3.05, 3.63) is 69.5 Å². The summed E-state index contributed by atoms with van der Waals surface area (Å²) >= 11 is 0. The highest BCUT2D eigenvalue weighted by molar-refractivity contribution is 6.24. The second-order valence-corrected chi connectivity index (χ2v) is 6.57. The van der Waals surface area contributed by atoms with Gasteiger partial charge in [-0.25, -0.2) is 14.6 Å². The Kier molecular flexibility index (Phi) is 3.16. The zero-order valence-electron chi connectivity index (χ0n) is 14.5. The van der Waals surface area contributed by atoms with Gasteiger partial charge in [0, 0.05) is 21.5 Å². The molecule has 0 unspecified atom stereocenters. The lowest BCUT2D eigenvalue weighted by molar-refractivity contribution is 0.0695. The first kappa shape index (κ1) is 16.6. The number of carboxylic acid groups (broad SMARTS) is 2. The molecule has 8 heteroatoms. The Morgan fingerprint density at radius 2 is 1.59 bits per heavy atom. The molecule has 0 fully saturated rings. The smallest absolute Gasteiger partial charge is 0.336 e. The Balaban J connectivity index is 2.13. The minimum Gasteiger partial charge on any atom is -0.478 e. The number of nitrogens with zero attached hydrogens (tertiary/aromatic N) is 3. The fraction of sp³-hybridized carbons (Fsp3) is 0. The van der Waals surface area contributed by atoms with E-state index in [-0.39, 0.29) is 32.9 Å². The molecule has 8 nitrogen and oxygen atoms in total. The van der Waals surface area contributed by atoms with E-state index in [1.165, 1.54) is 28.7 Å². The lowest BCUT2D eigenvalue weighted by Gasteiger charge is -2.12. The van der Waals surface area contributed by atoms with Crippen molar-refractivity contribution in [2.45, 2.75) is 0 Å². The molecule has 0 bridgehead atoms. The van der Waals surface area contributed by atoms with Crippen LogP contribution in [-0.4, -0.2) is 31.5 Å². The standard InChI is InChI=1S/C21H9N3O5/c22-8-9-1-6-14-15(7-9)24-18(23-14)10-2-4-12(20(26)27)17-13(21(28)29)5-3-11(16(10)17)19(24)25/h1-7H,(H,26,27)(H,28,29). The summed E-state index contributed by atoms with van der Waals surface area (Å²) in [5.74, 6) is -2.58. The maximum Gasteiger partial charge on any atom is 0.336 e. The summed E-state index contributed by atoms with van der Waals surface area (Å²) in [6.45, 7) is 0. The van der Waals surface area contributed by atoms with Gasteiger partial charge < -0.3 is 10.2 Å². The molecular weight excluding hydrogens is 374 g/mol. The van der Waals surface area contributed by atoms with Crippen molar-refractivity contribution in [1.82, 2.24) is 9.38 Å². The Morgan fingerprint density at radius 1 is 0.931 bits per heavy atom. The molecule has 138 valence electrons. The molecule has 0 aliphatic heterocycles. The number of nitriles is 1. The van der Waals surface area contributed by atoms with Crippen LogP contribution in [-0.2, 0) is 0 Å². The van der Waals surface area contributed by atoms with Gasteiger partial charge >= 0.3 is 11.9 Å². The zero-order valence-corrected chi connectivity index (χ0v) is 14.5. The van der Waals surface area contributed by atoms with E-state index in [1.807, 2.05) is 6.07 Å².